The molecule has 0 radical (unpaired) electrons. The number of carbonyl (C=O) groups is 1. The summed E-state index contributed by atoms with van der Waals surface area (Å²) in [5, 5.41) is 0.626. The summed E-state index contributed by atoms with van der Waals surface area (Å²) >= 11 is 11.1. The smallest absolute Gasteiger partial charge is 0.338 e. The van der Waals surface area contributed by atoms with Crippen LogP contribution >= 0.6 is 38.9 Å². The molecule has 6 rings (SSSR count). The fraction of sp³-hybridized carbons (Fsp3) is 0.114. The molecule has 10 heteroatoms. The summed E-state index contributed by atoms with van der Waals surface area (Å²) in [6.07, 6.45) is 1.77. The zero-order valence-corrected chi connectivity index (χ0v) is 27.0. The third kappa shape index (κ3) is 6.42. The highest BCUT2D eigenvalue weighted by Crippen LogP contribution is 2.35. The molecule has 0 saturated heterocycles. The van der Waals surface area contributed by atoms with Gasteiger partial charge in [0.05, 0.1) is 32.9 Å². The minimum Gasteiger partial charge on any atom is -0.488 e. The first-order chi connectivity index (χ1) is 21.8. The number of benzene rings is 4. The molecule has 0 N–H and O–H groups in total. The largest absolute Gasteiger partial charge is 0.488 e. The lowest BCUT2D eigenvalue weighted by molar-refractivity contribution is -0.138. The Morgan fingerprint density at radius 3 is 2.49 bits per heavy atom. The molecule has 1 aliphatic rings. The predicted octanol–water partition coefficient (Wildman–Crippen LogP) is 7.07. The van der Waals surface area contributed by atoms with Gasteiger partial charge in [-0.1, -0.05) is 89.7 Å². The van der Waals surface area contributed by atoms with Gasteiger partial charge in [0.25, 0.3) is 5.56 Å². The lowest BCUT2D eigenvalue weighted by atomic mass is 9.93. The van der Waals surface area contributed by atoms with E-state index in [0.29, 0.717) is 48.0 Å². The van der Waals surface area contributed by atoms with E-state index in [1.807, 2.05) is 72.8 Å². The molecule has 5 aromatic rings. The van der Waals surface area contributed by atoms with Crippen molar-refractivity contribution in [3.8, 4) is 5.75 Å². The van der Waals surface area contributed by atoms with E-state index < -0.39 is 17.8 Å². The van der Waals surface area contributed by atoms with Crippen LogP contribution < -0.4 is 19.6 Å². The van der Waals surface area contributed by atoms with Gasteiger partial charge >= 0.3 is 5.97 Å². The Labute approximate surface area is 275 Å². The Balaban J connectivity index is 1.46. The summed E-state index contributed by atoms with van der Waals surface area (Å²) in [6, 6.07) is 27.1. The Hall–Kier alpha value is -4.31. The molecule has 6 nitrogen and oxygen atoms in total. The molecular formula is C35H25BrClFN2O4S. The Kier molecular flexibility index (Phi) is 9.11. The first-order valence-electron chi connectivity index (χ1n) is 14.0. The molecule has 2 heterocycles. The third-order valence-corrected chi connectivity index (χ3v) is 9.13. The van der Waals surface area contributed by atoms with Crippen LogP contribution in [0, 0.1) is 5.82 Å². The van der Waals surface area contributed by atoms with Crippen LogP contribution in [0.15, 0.2) is 117 Å². The lowest BCUT2D eigenvalue weighted by Crippen LogP contribution is -2.40. The van der Waals surface area contributed by atoms with E-state index >= 15 is 0 Å². The minimum atomic E-state index is -0.884. The van der Waals surface area contributed by atoms with Crippen molar-refractivity contribution in [3.05, 3.63) is 160 Å². The maximum Gasteiger partial charge on any atom is 0.338 e. The number of nitrogens with zero attached hydrogens (tertiary/aromatic N) is 2. The van der Waals surface area contributed by atoms with Crippen LogP contribution in [0.25, 0.3) is 11.8 Å². The van der Waals surface area contributed by atoms with Crippen LogP contribution in [0.3, 0.4) is 0 Å². The Morgan fingerprint density at radius 1 is 1.04 bits per heavy atom. The topological polar surface area (TPSA) is 69.9 Å². The zero-order valence-electron chi connectivity index (χ0n) is 23.9. The quantitative estimate of drug-likeness (QED) is 0.162. The summed E-state index contributed by atoms with van der Waals surface area (Å²) in [4.78, 5) is 32.8. The summed E-state index contributed by atoms with van der Waals surface area (Å²) < 4.78 is 28.0. The van der Waals surface area contributed by atoms with E-state index in [1.54, 1.807) is 25.1 Å². The number of thiazole rings is 1. The van der Waals surface area contributed by atoms with Crippen LogP contribution in [-0.2, 0) is 16.1 Å². The maximum absolute atomic E-state index is 14.1. The molecule has 45 heavy (non-hydrogen) atoms. The second-order valence-corrected chi connectivity index (χ2v) is 12.3. The Morgan fingerprint density at radius 2 is 1.78 bits per heavy atom. The summed E-state index contributed by atoms with van der Waals surface area (Å²) in [5.41, 5.74) is 3.14. The molecule has 226 valence electrons. The summed E-state index contributed by atoms with van der Waals surface area (Å²) in [7, 11) is 0. The Bertz CT molecular complexity index is 2110. The number of fused-ring (bicyclic) bond motifs is 1. The summed E-state index contributed by atoms with van der Waals surface area (Å²) in [5.74, 6) is -0.405. The molecule has 1 aromatic heterocycles. The highest BCUT2D eigenvalue weighted by molar-refractivity contribution is 9.10. The van der Waals surface area contributed by atoms with Crippen LogP contribution in [0.5, 0.6) is 5.75 Å². The van der Waals surface area contributed by atoms with Gasteiger partial charge in [-0.05, 0) is 70.4 Å². The molecule has 1 atom stereocenters. The van der Waals surface area contributed by atoms with E-state index in [2.05, 4.69) is 15.9 Å². The standard InChI is InChI=1S/C35H25BrClFN2O4S/c1-2-43-34(42)30-31(22-8-4-3-5-9-22)39-35-40(32(30)23-13-15-25(38)16-14-23)33(41)29(45-35)19-21-12-17-28(26(36)18-21)44-20-24-10-6-7-11-27(24)37/h3-19,32H,2,20H2,1H3/b29-19-/t32-/m0/s1. The van der Waals surface area contributed by atoms with Crippen LogP contribution in [-0.4, -0.2) is 17.1 Å². The molecule has 0 spiro atoms. The molecule has 0 unspecified atom stereocenters. The van der Waals surface area contributed by atoms with E-state index in [-0.39, 0.29) is 17.7 Å². The van der Waals surface area contributed by atoms with Crippen molar-refractivity contribution in [1.82, 2.24) is 4.57 Å². The lowest BCUT2D eigenvalue weighted by Gasteiger charge is -2.25. The number of ether oxygens (including phenoxy) is 2. The van der Waals surface area contributed by atoms with Crippen molar-refractivity contribution >= 4 is 56.6 Å². The molecule has 1 aliphatic heterocycles. The van der Waals surface area contributed by atoms with Crippen LogP contribution in [0.4, 0.5) is 4.39 Å². The molecule has 0 saturated carbocycles. The van der Waals surface area contributed by atoms with Gasteiger partial charge in [0.2, 0.25) is 0 Å². The average molecular weight is 704 g/mol. The SMILES string of the molecule is CCOC(=O)C1=C(c2ccccc2)N=c2s/c(=C\c3ccc(OCc4ccccc4Cl)c(Br)c3)c(=O)n2[C@H]1c1ccc(F)cc1. The van der Waals surface area contributed by atoms with Crippen LogP contribution in [0.1, 0.15) is 35.2 Å². The second kappa shape index (κ2) is 13.4. The number of esters is 1. The van der Waals surface area contributed by atoms with Gasteiger partial charge in [-0.2, -0.15) is 0 Å². The van der Waals surface area contributed by atoms with Gasteiger partial charge in [0.1, 0.15) is 18.2 Å². The molecule has 4 aromatic carbocycles. The number of hydrogen-bond donors (Lipinski definition) is 0. The number of carbonyl (C=O) groups excluding carboxylic acids is 1. The monoisotopic (exact) mass is 702 g/mol. The first-order valence-corrected chi connectivity index (χ1v) is 16.0. The number of rotatable bonds is 8. The molecule has 0 aliphatic carbocycles. The van der Waals surface area contributed by atoms with Crippen molar-refractivity contribution in [2.24, 2.45) is 4.99 Å². The molecular weight excluding hydrogens is 679 g/mol. The average Bonchev–Trinajstić information content (AvgIpc) is 3.35. The van der Waals surface area contributed by atoms with Crippen molar-refractivity contribution in [2.75, 3.05) is 6.61 Å². The summed E-state index contributed by atoms with van der Waals surface area (Å²) in [6.45, 7) is 2.15. The molecule has 0 amide bonds. The number of halogens is 3. The van der Waals surface area contributed by atoms with E-state index in [4.69, 9.17) is 26.1 Å². The predicted molar refractivity (Wildman–Crippen MR) is 177 cm³/mol. The van der Waals surface area contributed by atoms with Gasteiger partial charge in [-0.15, -0.1) is 0 Å². The number of hydrogen-bond acceptors (Lipinski definition) is 6. The fourth-order valence-electron chi connectivity index (χ4n) is 5.05. The van der Waals surface area contributed by atoms with Gasteiger partial charge in [-0.3, -0.25) is 9.36 Å². The van der Waals surface area contributed by atoms with Crippen molar-refractivity contribution in [2.45, 2.75) is 19.6 Å². The minimum absolute atomic E-state index is 0.137. The van der Waals surface area contributed by atoms with Crippen molar-refractivity contribution < 1.29 is 18.7 Å². The van der Waals surface area contributed by atoms with Crippen molar-refractivity contribution in [3.63, 3.8) is 0 Å². The maximum atomic E-state index is 14.1. The van der Waals surface area contributed by atoms with E-state index in [1.165, 1.54) is 28.0 Å². The highest BCUT2D eigenvalue weighted by atomic mass is 79.9. The van der Waals surface area contributed by atoms with Gasteiger partial charge in [0, 0.05) is 16.1 Å². The highest BCUT2D eigenvalue weighted by Gasteiger charge is 2.35. The molecule has 0 fully saturated rings. The van der Waals surface area contributed by atoms with Gasteiger partial charge in [0.15, 0.2) is 4.80 Å². The van der Waals surface area contributed by atoms with Gasteiger partial charge < -0.3 is 9.47 Å². The second-order valence-electron chi connectivity index (χ2n) is 10.1. The van der Waals surface area contributed by atoms with Crippen molar-refractivity contribution in [1.29, 1.82) is 0 Å². The fourth-order valence-corrected chi connectivity index (χ4v) is 6.75. The first kappa shape index (κ1) is 30.7. The normalized spacial score (nSPS) is 14.6. The van der Waals surface area contributed by atoms with Gasteiger partial charge in [-0.25, -0.2) is 14.2 Å². The molecule has 0 bridgehead atoms. The third-order valence-electron chi connectivity index (χ3n) is 7.15. The number of aromatic nitrogens is 1. The zero-order chi connectivity index (χ0) is 31.5. The van der Waals surface area contributed by atoms with E-state index in [9.17, 15) is 14.0 Å². The van der Waals surface area contributed by atoms with E-state index in [0.717, 1.165) is 11.1 Å². The van der Waals surface area contributed by atoms with Crippen LogP contribution in [0.2, 0.25) is 5.02 Å².